The molecule has 1 saturated heterocycles. The van der Waals surface area contributed by atoms with E-state index < -0.39 is 16.7 Å². The molecule has 1 unspecified atom stereocenters. The van der Waals surface area contributed by atoms with Gasteiger partial charge in [-0.2, -0.15) is 0 Å². The first-order chi connectivity index (χ1) is 12.9. The van der Waals surface area contributed by atoms with Crippen LogP contribution in [0.4, 0.5) is 0 Å². The van der Waals surface area contributed by atoms with E-state index in [-0.39, 0.29) is 4.75 Å². The molecule has 3 nitrogen and oxygen atoms in total. The van der Waals surface area contributed by atoms with Crippen LogP contribution in [0.5, 0.6) is 0 Å². The molecule has 2 fully saturated rings. The molecule has 5 heteroatoms. The zero-order chi connectivity index (χ0) is 18.8. The Bertz CT molecular complexity index is 1170. The van der Waals surface area contributed by atoms with E-state index >= 15 is 0 Å². The molecule has 3 aromatic rings. The van der Waals surface area contributed by atoms with Crippen molar-refractivity contribution in [3.8, 4) is 11.8 Å². The number of hydrogen-bond acceptors (Lipinski definition) is 3. The minimum Gasteiger partial charge on any atom is -0.615 e. The van der Waals surface area contributed by atoms with Crippen LogP contribution in [0.1, 0.15) is 37.8 Å². The summed E-state index contributed by atoms with van der Waals surface area (Å²) in [6.45, 7) is 3.92. The van der Waals surface area contributed by atoms with Gasteiger partial charge in [0.2, 0.25) is 0 Å². The van der Waals surface area contributed by atoms with Crippen LogP contribution in [-0.4, -0.2) is 20.9 Å². The molecule has 2 atom stereocenters. The van der Waals surface area contributed by atoms with Crippen LogP contribution in [0, 0.1) is 17.3 Å². The van der Waals surface area contributed by atoms with Crippen molar-refractivity contribution in [2.75, 3.05) is 5.75 Å². The first-order valence-corrected chi connectivity index (χ1v) is 11.2. The molecule has 1 aliphatic carbocycles. The molecule has 1 spiro atoms. The summed E-state index contributed by atoms with van der Waals surface area (Å²) in [5.74, 6) is 7.11. The van der Waals surface area contributed by atoms with E-state index in [9.17, 15) is 4.55 Å². The van der Waals surface area contributed by atoms with E-state index in [2.05, 4.69) is 60.5 Å². The smallest absolute Gasteiger partial charge is 0.182 e. The molecule has 1 saturated carbocycles. The van der Waals surface area contributed by atoms with Crippen LogP contribution in [0.15, 0.2) is 36.4 Å². The van der Waals surface area contributed by atoms with Crippen LogP contribution < -0.4 is 5.32 Å². The number of thiophene rings is 1. The fourth-order valence-corrected chi connectivity index (χ4v) is 6.97. The Labute approximate surface area is 165 Å². The minimum absolute atomic E-state index is 0.383. The summed E-state index contributed by atoms with van der Waals surface area (Å²) in [6.07, 6.45) is 1.74. The molecular weight excluding hydrogens is 372 g/mol. The third-order valence-corrected chi connectivity index (χ3v) is 9.27. The standard InChI is InChI=1S/C22H20N2OS2/c1-3-4-14-5-7-18-16(11-14)17-12-15(6-8-19(17)26-18)21(2)13-27(25)22(9-10-22)20(23)24-21/h5-8,11-12H,9-10,13H2,1-2H3,(H2,23,24)/t21-,27?/m0/s1. The highest BCUT2D eigenvalue weighted by atomic mass is 32.2. The second kappa shape index (κ2) is 5.75. The Kier molecular flexibility index (Phi) is 3.64. The average molecular weight is 393 g/mol. The SMILES string of the molecule is CC#Cc1ccc2sc3ccc([C@]4(C)C[S+]([O-])C5(CC5)C(=N)N4)cc3c2c1. The van der Waals surface area contributed by atoms with Gasteiger partial charge in [-0.15, -0.1) is 17.3 Å². The third kappa shape index (κ3) is 2.51. The van der Waals surface area contributed by atoms with Gasteiger partial charge < -0.3 is 9.87 Å². The predicted molar refractivity (Wildman–Crippen MR) is 115 cm³/mol. The lowest BCUT2D eigenvalue weighted by molar-refractivity contribution is 0.454. The zero-order valence-electron chi connectivity index (χ0n) is 15.3. The van der Waals surface area contributed by atoms with Crippen LogP contribution >= 0.6 is 11.3 Å². The van der Waals surface area contributed by atoms with Crippen LogP contribution in [0.2, 0.25) is 0 Å². The van der Waals surface area contributed by atoms with Gasteiger partial charge in [-0.3, -0.25) is 5.41 Å². The lowest BCUT2D eigenvalue weighted by Gasteiger charge is -2.41. The highest BCUT2D eigenvalue weighted by Crippen LogP contribution is 2.49. The Morgan fingerprint density at radius 1 is 1.15 bits per heavy atom. The molecule has 2 N–H and O–H groups in total. The Balaban J connectivity index is 1.63. The maximum absolute atomic E-state index is 12.8. The van der Waals surface area contributed by atoms with Gasteiger partial charge in [0.1, 0.15) is 11.3 Å². The average Bonchev–Trinajstić information content (AvgIpc) is 3.37. The summed E-state index contributed by atoms with van der Waals surface area (Å²) in [5, 5.41) is 14.2. The largest absolute Gasteiger partial charge is 0.615 e. The van der Waals surface area contributed by atoms with Crippen molar-refractivity contribution < 1.29 is 4.55 Å². The monoisotopic (exact) mass is 392 g/mol. The first kappa shape index (κ1) is 17.1. The molecule has 2 aliphatic rings. The van der Waals surface area contributed by atoms with E-state index in [0.29, 0.717) is 11.6 Å². The second-order valence-electron chi connectivity index (χ2n) is 7.72. The summed E-state index contributed by atoms with van der Waals surface area (Å²) in [6, 6.07) is 12.8. The van der Waals surface area contributed by atoms with Gasteiger partial charge in [-0.1, -0.05) is 12.0 Å². The fourth-order valence-electron chi connectivity index (χ4n) is 4.03. The molecular formula is C22H20N2OS2. The summed E-state index contributed by atoms with van der Waals surface area (Å²) in [5.41, 5.74) is 1.64. The van der Waals surface area contributed by atoms with E-state index in [1.165, 1.54) is 20.2 Å². The number of fused-ring (bicyclic) bond motifs is 3. The fraction of sp³-hybridized carbons (Fsp3) is 0.318. The van der Waals surface area contributed by atoms with E-state index in [4.69, 9.17) is 5.41 Å². The van der Waals surface area contributed by atoms with Crippen LogP contribution in [-0.2, 0) is 16.7 Å². The van der Waals surface area contributed by atoms with E-state index in [1.807, 2.05) is 6.92 Å². The molecule has 27 heavy (non-hydrogen) atoms. The minimum atomic E-state index is -1.000. The zero-order valence-corrected chi connectivity index (χ0v) is 16.9. The Morgan fingerprint density at radius 3 is 2.52 bits per heavy atom. The van der Waals surface area contributed by atoms with Crippen molar-refractivity contribution in [1.82, 2.24) is 5.32 Å². The van der Waals surface area contributed by atoms with Crippen molar-refractivity contribution >= 4 is 48.5 Å². The van der Waals surface area contributed by atoms with Crippen molar-refractivity contribution in [2.24, 2.45) is 0 Å². The number of nitrogens with one attached hydrogen (secondary N) is 2. The van der Waals surface area contributed by atoms with Gasteiger partial charge in [0.15, 0.2) is 10.6 Å². The summed E-state index contributed by atoms with van der Waals surface area (Å²) >= 11 is 0.783. The van der Waals surface area contributed by atoms with Crippen molar-refractivity contribution in [3.63, 3.8) is 0 Å². The normalized spacial score (nSPS) is 26.0. The third-order valence-electron chi connectivity index (χ3n) is 5.79. The van der Waals surface area contributed by atoms with Gasteiger partial charge in [-0.25, -0.2) is 0 Å². The highest BCUT2D eigenvalue weighted by Gasteiger charge is 2.63. The predicted octanol–water partition coefficient (Wildman–Crippen LogP) is 4.50. The maximum atomic E-state index is 12.8. The Morgan fingerprint density at radius 2 is 1.85 bits per heavy atom. The van der Waals surface area contributed by atoms with Crippen molar-refractivity contribution in [2.45, 2.75) is 37.0 Å². The van der Waals surface area contributed by atoms with Gasteiger partial charge in [0.25, 0.3) is 0 Å². The van der Waals surface area contributed by atoms with Gasteiger partial charge in [0, 0.05) is 38.6 Å². The lowest BCUT2D eigenvalue weighted by atomic mass is 9.91. The summed E-state index contributed by atoms with van der Waals surface area (Å²) in [7, 11) is 0. The molecule has 1 aliphatic heterocycles. The van der Waals surface area contributed by atoms with E-state index in [1.54, 1.807) is 11.3 Å². The van der Waals surface area contributed by atoms with Crippen molar-refractivity contribution in [1.29, 1.82) is 5.41 Å². The second-order valence-corrected chi connectivity index (χ2v) is 10.6. The molecule has 5 rings (SSSR count). The van der Waals surface area contributed by atoms with Crippen LogP contribution in [0.25, 0.3) is 20.2 Å². The number of rotatable bonds is 1. The number of benzene rings is 2. The number of amidine groups is 1. The molecule has 1 aromatic heterocycles. The van der Waals surface area contributed by atoms with Crippen LogP contribution in [0.3, 0.4) is 0 Å². The molecule has 2 aromatic carbocycles. The highest BCUT2D eigenvalue weighted by molar-refractivity contribution is 7.94. The lowest BCUT2D eigenvalue weighted by Crippen LogP contribution is -2.60. The first-order valence-electron chi connectivity index (χ1n) is 9.10. The summed E-state index contributed by atoms with van der Waals surface area (Å²) < 4.78 is 14.9. The van der Waals surface area contributed by atoms with E-state index in [0.717, 1.165) is 24.0 Å². The van der Waals surface area contributed by atoms with Gasteiger partial charge >= 0.3 is 0 Å². The quantitative estimate of drug-likeness (QED) is 0.473. The number of hydrogen-bond donors (Lipinski definition) is 2. The van der Waals surface area contributed by atoms with Gasteiger partial charge in [0.05, 0.1) is 0 Å². The Hall–Kier alpha value is -2.00. The maximum Gasteiger partial charge on any atom is 0.182 e. The van der Waals surface area contributed by atoms with Gasteiger partial charge in [-0.05, 0) is 60.9 Å². The summed E-state index contributed by atoms with van der Waals surface area (Å²) in [4.78, 5) is 0. The van der Waals surface area contributed by atoms with Crippen molar-refractivity contribution in [3.05, 3.63) is 47.5 Å². The molecule has 0 radical (unpaired) electrons. The molecule has 0 amide bonds. The molecule has 2 heterocycles. The molecule has 0 bridgehead atoms. The molecule has 136 valence electrons. The topological polar surface area (TPSA) is 58.9 Å².